The lowest BCUT2D eigenvalue weighted by Gasteiger charge is -2.47. The summed E-state index contributed by atoms with van der Waals surface area (Å²) in [6.45, 7) is 2.14. The van der Waals surface area contributed by atoms with E-state index in [1.54, 1.807) is 0 Å². The Morgan fingerprint density at radius 3 is 2.62 bits per heavy atom. The Morgan fingerprint density at radius 1 is 1.12 bits per heavy atom. The number of ether oxygens (including phenoxy) is 1. The summed E-state index contributed by atoms with van der Waals surface area (Å²) < 4.78 is 5.58. The van der Waals surface area contributed by atoms with Gasteiger partial charge >= 0.3 is 0 Å². The van der Waals surface area contributed by atoms with Crippen LogP contribution >= 0.6 is 0 Å². The molecule has 4 rings (SSSR count). The summed E-state index contributed by atoms with van der Waals surface area (Å²) in [5, 5.41) is 13.6. The number of carbonyl (C=O) groups excluding carboxylic acids is 1. The van der Waals surface area contributed by atoms with Crippen LogP contribution in [0.25, 0.3) is 0 Å². The second-order valence-corrected chi connectivity index (χ2v) is 7.35. The number of nitrogens with zero attached hydrogens (tertiary/aromatic N) is 1. The maximum Gasteiger partial charge on any atom is 0.246 e. The summed E-state index contributed by atoms with van der Waals surface area (Å²) in [6.07, 6.45) is 3.27. The van der Waals surface area contributed by atoms with Gasteiger partial charge in [-0.3, -0.25) is 9.69 Å². The third-order valence-electron chi connectivity index (χ3n) is 5.91. The Labute approximate surface area is 143 Å². The first-order valence-electron chi connectivity index (χ1n) is 9.09. The molecule has 0 unspecified atom stereocenters. The van der Waals surface area contributed by atoms with Gasteiger partial charge in [-0.25, -0.2) is 0 Å². The second kappa shape index (κ2) is 6.82. The summed E-state index contributed by atoms with van der Waals surface area (Å²) >= 11 is 0. The van der Waals surface area contributed by atoms with Crippen molar-refractivity contribution in [3.8, 4) is 0 Å². The van der Waals surface area contributed by atoms with E-state index in [1.165, 1.54) is 5.56 Å². The highest BCUT2D eigenvalue weighted by Gasteiger charge is 2.42. The Hall–Kier alpha value is -1.43. The van der Waals surface area contributed by atoms with Crippen molar-refractivity contribution in [1.82, 2.24) is 10.2 Å². The molecule has 1 amide bonds. The number of fused-ring (bicyclic) bond motifs is 1. The molecule has 2 saturated heterocycles. The first-order valence-corrected chi connectivity index (χ1v) is 9.09. The quantitative estimate of drug-likeness (QED) is 0.857. The zero-order valence-corrected chi connectivity index (χ0v) is 13.9. The van der Waals surface area contributed by atoms with Gasteiger partial charge in [-0.2, -0.15) is 0 Å². The van der Waals surface area contributed by atoms with Crippen LogP contribution in [-0.4, -0.2) is 59.9 Å². The lowest BCUT2D eigenvalue weighted by atomic mass is 9.82. The van der Waals surface area contributed by atoms with Gasteiger partial charge in [0.25, 0.3) is 0 Å². The molecule has 5 nitrogen and oxygen atoms in total. The Morgan fingerprint density at radius 2 is 1.88 bits per heavy atom. The van der Waals surface area contributed by atoms with E-state index >= 15 is 0 Å². The zero-order valence-electron chi connectivity index (χ0n) is 13.9. The van der Waals surface area contributed by atoms with E-state index in [-0.39, 0.29) is 36.8 Å². The van der Waals surface area contributed by atoms with Crippen LogP contribution in [0, 0.1) is 0 Å². The van der Waals surface area contributed by atoms with Crippen LogP contribution in [0.2, 0.25) is 0 Å². The van der Waals surface area contributed by atoms with Gasteiger partial charge in [-0.1, -0.05) is 30.3 Å². The molecule has 3 aliphatic rings. The summed E-state index contributed by atoms with van der Waals surface area (Å²) in [5.41, 5.74) is 1.43. The average Bonchev–Trinajstić information content (AvgIpc) is 2.62. The van der Waals surface area contributed by atoms with E-state index in [9.17, 15) is 9.90 Å². The van der Waals surface area contributed by atoms with E-state index < -0.39 is 0 Å². The van der Waals surface area contributed by atoms with Crippen molar-refractivity contribution < 1.29 is 14.6 Å². The molecule has 0 aromatic heterocycles. The van der Waals surface area contributed by atoms with Crippen LogP contribution in [0.15, 0.2) is 30.3 Å². The topological polar surface area (TPSA) is 61.8 Å². The van der Waals surface area contributed by atoms with Gasteiger partial charge in [-0.05, 0) is 43.8 Å². The maximum absolute atomic E-state index is 11.6. The number of nitrogens with one attached hydrogen (secondary N) is 1. The summed E-state index contributed by atoms with van der Waals surface area (Å²) in [6, 6.07) is 10.9. The smallest absolute Gasteiger partial charge is 0.246 e. The molecule has 0 bridgehead atoms. The van der Waals surface area contributed by atoms with Crippen LogP contribution < -0.4 is 5.32 Å². The monoisotopic (exact) mass is 330 g/mol. The summed E-state index contributed by atoms with van der Waals surface area (Å²) in [5.74, 6) is 0.586. The molecule has 130 valence electrons. The summed E-state index contributed by atoms with van der Waals surface area (Å²) in [4.78, 5) is 14.0. The number of carbonyl (C=O) groups is 1. The Kier molecular flexibility index (Phi) is 4.57. The maximum atomic E-state index is 11.6. The van der Waals surface area contributed by atoms with Gasteiger partial charge in [0.05, 0.1) is 18.2 Å². The molecule has 0 radical (unpaired) electrons. The first kappa shape index (κ1) is 16.1. The molecule has 4 atom stereocenters. The number of rotatable bonds is 2. The number of benzene rings is 1. The molecule has 1 aromatic rings. The number of amides is 1. The Balaban J connectivity index is 1.37. The average molecular weight is 330 g/mol. The fourth-order valence-electron chi connectivity index (χ4n) is 4.58. The van der Waals surface area contributed by atoms with E-state index in [0.717, 1.165) is 32.4 Å². The lowest BCUT2D eigenvalue weighted by molar-refractivity contribution is -0.146. The van der Waals surface area contributed by atoms with Crippen molar-refractivity contribution in [3.63, 3.8) is 0 Å². The highest BCUT2D eigenvalue weighted by Crippen LogP contribution is 2.33. The number of aliphatic hydroxyl groups excluding tert-OH is 1. The fraction of sp³-hybridized carbons (Fsp3) is 0.632. The van der Waals surface area contributed by atoms with Gasteiger partial charge in [0, 0.05) is 12.5 Å². The third-order valence-corrected chi connectivity index (χ3v) is 5.91. The predicted octanol–water partition coefficient (Wildman–Crippen LogP) is 1.27. The molecule has 1 saturated carbocycles. The number of hydrogen-bond acceptors (Lipinski definition) is 4. The van der Waals surface area contributed by atoms with Crippen LogP contribution in [0.1, 0.15) is 37.2 Å². The molecule has 1 aliphatic carbocycles. The molecule has 5 heteroatoms. The first-order chi connectivity index (χ1) is 11.7. The van der Waals surface area contributed by atoms with Crippen LogP contribution in [0.5, 0.6) is 0 Å². The molecule has 0 spiro atoms. The van der Waals surface area contributed by atoms with Crippen molar-refractivity contribution >= 4 is 5.91 Å². The van der Waals surface area contributed by atoms with E-state index in [0.29, 0.717) is 12.3 Å². The van der Waals surface area contributed by atoms with Crippen molar-refractivity contribution in [2.75, 3.05) is 19.7 Å². The lowest BCUT2D eigenvalue weighted by Crippen LogP contribution is -2.62. The second-order valence-electron chi connectivity index (χ2n) is 7.35. The van der Waals surface area contributed by atoms with Crippen molar-refractivity contribution in [1.29, 1.82) is 0 Å². The minimum atomic E-state index is -0.366. The predicted molar refractivity (Wildman–Crippen MR) is 90.7 cm³/mol. The van der Waals surface area contributed by atoms with E-state index in [4.69, 9.17) is 4.74 Å². The van der Waals surface area contributed by atoms with E-state index in [1.807, 2.05) is 0 Å². The van der Waals surface area contributed by atoms with Crippen LogP contribution in [0.4, 0.5) is 0 Å². The van der Waals surface area contributed by atoms with Crippen LogP contribution in [0.3, 0.4) is 0 Å². The molecule has 24 heavy (non-hydrogen) atoms. The molecule has 2 aliphatic heterocycles. The van der Waals surface area contributed by atoms with Gasteiger partial charge in [0.1, 0.15) is 6.61 Å². The fourth-order valence-corrected chi connectivity index (χ4v) is 4.58. The minimum absolute atomic E-state index is 0.0317. The minimum Gasteiger partial charge on any atom is -0.391 e. The standard InChI is InChI=1S/C19H26N2O3/c22-17-11-18-15(20-19(23)12-24-18)10-16(17)21-8-6-14(7-9-21)13-4-2-1-3-5-13/h1-5,14-18,22H,6-12H2,(H,20,23)/t15-,16-,17-,18-/m0/s1. The molecule has 3 fully saturated rings. The highest BCUT2D eigenvalue weighted by molar-refractivity contribution is 5.78. The van der Waals surface area contributed by atoms with Crippen LogP contribution in [-0.2, 0) is 9.53 Å². The SMILES string of the molecule is O=C1CO[C@H]2C[C@H](O)[C@@H](N3CCC(c4ccccc4)CC3)C[C@@H]2N1. The largest absolute Gasteiger partial charge is 0.391 e. The molecular weight excluding hydrogens is 304 g/mol. The van der Waals surface area contributed by atoms with Crippen molar-refractivity contribution in [2.45, 2.75) is 55.9 Å². The van der Waals surface area contributed by atoms with Gasteiger partial charge in [0.2, 0.25) is 5.91 Å². The number of hydrogen-bond donors (Lipinski definition) is 2. The van der Waals surface area contributed by atoms with Gasteiger partial charge in [0.15, 0.2) is 0 Å². The molecule has 2 heterocycles. The number of morpholine rings is 1. The Bertz CT molecular complexity index is 571. The number of piperidine rings is 1. The highest BCUT2D eigenvalue weighted by atomic mass is 16.5. The zero-order chi connectivity index (χ0) is 16.5. The van der Waals surface area contributed by atoms with Crippen molar-refractivity contribution in [3.05, 3.63) is 35.9 Å². The van der Waals surface area contributed by atoms with Gasteiger partial charge < -0.3 is 15.2 Å². The van der Waals surface area contributed by atoms with Gasteiger partial charge in [-0.15, -0.1) is 0 Å². The molecular formula is C19H26N2O3. The molecule has 1 aromatic carbocycles. The number of aliphatic hydroxyl groups is 1. The normalized spacial score (nSPS) is 35.3. The van der Waals surface area contributed by atoms with Crippen molar-refractivity contribution in [2.24, 2.45) is 0 Å². The summed E-state index contributed by atoms with van der Waals surface area (Å²) in [7, 11) is 0. The number of likely N-dealkylation sites (tertiary alicyclic amines) is 1. The molecule has 2 N–H and O–H groups in total. The van der Waals surface area contributed by atoms with E-state index in [2.05, 4.69) is 40.5 Å². The third kappa shape index (κ3) is 3.21.